The Morgan fingerprint density at radius 3 is 2.57 bits per heavy atom. The fraction of sp³-hybridized carbons (Fsp3) is 0.520. The fourth-order valence-electron chi connectivity index (χ4n) is 4.49. The second-order valence-corrected chi connectivity index (χ2v) is 9.80. The van der Waals surface area contributed by atoms with Crippen molar-refractivity contribution < 1.29 is 9.59 Å². The maximum atomic E-state index is 13.6. The summed E-state index contributed by atoms with van der Waals surface area (Å²) in [7, 11) is 0. The van der Waals surface area contributed by atoms with Crippen LogP contribution in [0.5, 0.6) is 0 Å². The molecule has 0 saturated heterocycles. The molecule has 1 aliphatic carbocycles. The van der Waals surface area contributed by atoms with Crippen LogP contribution >= 0.6 is 11.3 Å². The van der Waals surface area contributed by atoms with Crippen molar-refractivity contribution in [1.29, 1.82) is 0 Å². The maximum Gasteiger partial charge on any atom is 0.243 e. The number of fused-ring (bicyclic) bond motifs is 1. The van der Waals surface area contributed by atoms with Crippen LogP contribution in [-0.4, -0.2) is 40.7 Å². The van der Waals surface area contributed by atoms with Crippen LogP contribution in [0.4, 0.5) is 0 Å². The van der Waals surface area contributed by atoms with Crippen LogP contribution in [0.25, 0.3) is 0 Å². The summed E-state index contributed by atoms with van der Waals surface area (Å²) in [4.78, 5) is 31.8. The number of nitrogens with zero attached hydrogens (tertiary/aromatic N) is 2. The Morgan fingerprint density at radius 1 is 1.20 bits per heavy atom. The molecule has 1 aliphatic heterocycles. The smallest absolute Gasteiger partial charge is 0.243 e. The number of aryl methyl sites for hydroxylation is 1. The average Bonchev–Trinajstić information content (AvgIpc) is 3.18. The highest BCUT2D eigenvalue weighted by molar-refractivity contribution is 7.10. The number of hydrogen-bond acceptors (Lipinski definition) is 3. The summed E-state index contributed by atoms with van der Waals surface area (Å²) in [6, 6.07) is 10.7. The van der Waals surface area contributed by atoms with E-state index in [1.807, 2.05) is 9.80 Å². The predicted molar refractivity (Wildman–Crippen MR) is 122 cm³/mol. The lowest BCUT2D eigenvalue weighted by atomic mass is 9.84. The largest absolute Gasteiger partial charge is 0.330 e. The molecule has 2 aliphatic rings. The van der Waals surface area contributed by atoms with Gasteiger partial charge < -0.3 is 9.80 Å². The Hall–Kier alpha value is -2.14. The maximum absolute atomic E-state index is 13.6. The first-order valence-electron chi connectivity index (χ1n) is 11.2. The Balaban J connectivity index is 1.60. The van der Waals surface area contributed by atoms with Gasteiger partial charge in [-0.05, 0) is 62.1 Å². The van der Waals surface area contributed by atoms with E-state index in [2.05, 4.69) is 56.5 Å². The quantitative estimate of drug-likeness (QED) is 0.658. The Labute approximate surface area is 183 Å². The van der Waals surface area contributed by atoms with Crippen molar-refractivity contribution in [2.24, 2.45) is 5.92 Å². The molecule has 4 rings (SSSR count). The van der Waals surface area contributed by atoms with Crippen molar-refractivity contribution in [3.63, 3.8) is 0 Å². The van der Waals surface area contributed by atoms with E-state index in [0.29, 0.717) is 6.54 Å². The van der Waals surface area contributed by atoms with Gasteiger partial charge in [0, 0.05) is 23.4 Å². The molecular formula is C25H32N2O2S. The van der Waals surface area contributed by atoms with Crippen molar-refractivity contribution >= 4 is 23.2 Å². The van der Waals surface area contributed by atoms with E-state index in [1.165, 1.54) is 16.0 Å². The molecular weight excluding hydrogens is 392 g/mol. The van der Waals surface area contributed by atoms with E-state index in [4.69, 9.17) is 0 Å². The lowest BCUT2D eigenvalue weighted by molar-refractivity contribution is -0.147. The standard InChI is InChI=1S/C25H32N2O2S/c1-4-18(3)27(25(29)20-6-5-7-20)16-23(28)26-14-12-22-21(13-15-30-22)24(26)19-10-8-17(2)9-11-19/h8-11,13,15,18,20,24H,4-7,12,14,16H2,1-3H3/t18-,24+/m1/s1. The second kappa shape index (κ2) is 8.93. The number of rotatable bonds is 6. The highest BCUT2D eigenvalue weighted by Gasteiger charge is 2.36. The predicted octanol–water partition coefficient (Wildman–Crippen LogP) is 4.96. The molecule has 4 nitrogen and oxygen atoms in total. The minimum Gasteiger partial charge on any atom is -0.330 e. The Kier molecular flexibility index (Phi) is 6.28. The monoisotopic (exact) mass is 424 g/mol. The lowest BCUT2D eigenvalue weighted by Crippen LogP contribution is -2.51. The SMILES string of the molecule is CC[C@@H](C)N(CC(=O)N1CCc2sccc2[C@@H]1c1ccc(C)cc1)C(=O)C1CCC1. The lowest BCUT2D eigenvalue weighted by Gasteiger charge is -2.40. The van der Waals surface area contributed by atoms with Gasteiger partial charge >= 0.3 is 0 Å². The summed E-state index contributed by atoms with van der Waals surface area (Å²) in [6.45, 7) is 7.13. The molecule has 0 N–H and O–H groups in total. The van der Waals surface area contributed by atoms with E-state index in [9.17, 15) is 9.59 Å². The molecule has 0 spiro atoms. The van der Waals surface area contributed by atoms with Crippen LogP contribution < -0.4 is 0 Å². The summed E-state index contributed by atoms with van der Waals surface area (Å²) >= 11 is 1.78. The first-order chi connectivity index (χ1) is 14.5. The molecule has 1 aromatic heterocycles. The van der Waals surface area contributed by atoms with Crippen LogP contribution in [0.2, 0.25) is 0 Å². The minimum absolute atomic E-state index is 0.0606. The van der Waals surface area contributed by atoms with Crippen molar-refractivity contribution in [3.05, 3.63) is 57.3 Å². The number of hydrogen-bond donors (Lipinski definition) is 0. The molecule has 0 bridgehead atoms. The van der Waals surface area contributed by atoms with Crippen LogP contribution in [0, 0.1) is 12.8 Å². The van der Waals surface area contributed by atoms with Gasteiger partial charge in [-0.2, -0.15) is 0 Å². The first-order valence-corrected chi connectivity index (χ1v) is 12.1. The molecule has 0 unspecified atom stereocenters. The van der Waals surface area contributed by atoms with Crippen molar-refractivity contribution in [3.8, 4) is 0 Å². The van der Waals surface area contributed by atoms with Crippen LogP contribution in [0.15, 0.2) is 35.7 Å². The number of benzene rings is 1. The molecule has 1 fully saturated rings. The zero-order chi connectivity index (χ0) is 21.3. The molecule has 2 atom stereocenters. The summed E-state index contributed by atoms with van der Waals surface area (Å²) in [5, 5.41) is 2.13. The topological polar surface area (TPSA) is 40.6 Å². The van der Waals surface area contributed by atoms with Crippen molar-refractivity contribution in [1.82, 2.24) is 9.80 Å². The Morgan fingerprint density at radius 2 is 1.93 bits per heavy atom. The summed E-state index contributed by atoms with van der Waals surface area (Å²) in [5.41, 5.74) is 3.60. The molecule has 0 radical (unpaired) electrons. The van der Waals surface area contributed by atoms with Crippen LogP contribution in [0.1, 0.15) is 67.1 Å². The molecule has 1 saturated carbocycles. The number of thiophene rings is 1. The second-order valence-electron chi connectivity index (χ2n) is 8.80. The summed E-state index contributed by atoms with van der Waals surface area (Å²) in [6.07, 6.45) is 4.81. The van der Waals surface area contributed by atoms with E-state index in [1.54, 1.807) is 11.3 Å². The minimum atomic E-state index is -0.0642. The van der Waals surface area contributed by atoms with E-state index >= 15 is 0 Å². The van der Waals surface area contributed by atoms with Crippen LogP contribution in [-0.2, 0) is 16.0 Å². The first kappa shape index (κ1) is 21.1. The van der Waals surface area contributed by atoms with Gasteiger partial charge in [0.2, 0.25) is 11.8 Å². The zero-order valence-electron chi connectivity index (χ0n) is 18.3. The van der Waals surface area contributed by atoms with Crippen molar-refractivity contribution in [2.75, 3.05) is 13.1 Å². The molecule has 2 heterocycles. The van der Waals surface area contributed by atoms with Gasteiger partial charge in [-0.15, -0.1) is 11.3 Å². The average molecular weight is 425 g/mol. The van der Waals surface area contributed by atoms with Crippen molar-refractivity contribution in [2.45, 2.75) is 65.0 Å². The van der Waals surface area contributed by atoms with Gasteiger partial charge in [-0.3, -0.25) is 9.59 Å². The third-order valence-electron chi connectivity index (χ3n) is 6.85. The fourth-order valence-corrected chi connectivity index (χ4v) is 5.39. The van der Waals surface area contributed by atoms with Gasteiger partial charge in [-0.25, -0.2) is 0 Å². The van der Waals surface area contributed by atoms with Gasteiger partial charge in [-0.1, -0.05) is 43.2 Å². The van der Waals surface area contributed by atoms with E-state index in [-0.39, 0.29) is 36.4 Å². The van der Waals surface area contributed by atoms with Crippen LogP contribution in [0.3, 0.4) is 0 Å². The molecule has 5 heteroatoms. The van der Waals surface area contributed by atoms with E-state index in [0.717, 1.165) is 37.7 Å². The molecule has 160 valence electrons. The number of carbonyl (C=O) groups is 2. The molecule has 30 heavy (non-hydrogen) atoms. The third kappa shape index (κ3) is 4.04. The highest BCUT2D eigenvalue weighted by atomic mass is 32.1. The van der Waals surface area contributed by atoms with Gasteiger partial charge in [0.15, 0.2) is 0 Å². The summed E-state index contributed by atoms with van der Waals surface area (Å²) in [5.74, 6) is 0.346. The van der Waals surface area contributed by atoms with E-state index < -0.39 is 0 Å². The van der Waals surface area contributed by atoms with Gasteiger partial charge in [0.1, 0.15) is 6.54 Å². The zero-order valence-corrected chi connectivity index (χ0v) is 19.1. The molecule has 2 aromatic rings. The molecule has 1 aromatic carbocycles. The highest BCUT2D eigenvalue weighted by Crippen LogP contribution is 2.38. The number of amides is 2. The Bertz CT molecular complexity index is 900. The third-order valence-corrected chi connectivity index (χ3v) is 7.84. The molecule has 2 amide bonds. The van der Waals surface area contributed by atoms with Gasteiger partial charge in [0.05, 0.1) is 6.04 Å². The number of carbonyl (C=O) groups excluding carboxylic acids is 2. The van der Waals surface area contributed by atoms with Gasteiger partial charge in [0.25, 0.3) is 0 Å². The summed E-state index contributed by atoms with van der Waals surface area (Å²) < 4.78 is 0. The normalized spacial score (nSPS) is 19.7.